The lowest BCUT2D eigenvalue weighted by atomic mass is 9.92. The fourth-order valence-corrected chi connectivity index (χ4v) is 1.96. The minimum Gasteiger partial charge on any atom is -0.352 e. The first-order valence-electron chi connectivity index (χ1n) is 5.60. The van der Waals surface area contributed by atoms with Crippen LogP contribution in [-0.2, 0) is 4.79 Å². The van der Waals surface area contributed by atoms with Gasteiger partial charge in [0.15, 0.2) is 0 Å². The summed E-state index contributed by atoms with van der Waals surface area (Å²) in [6.07, 6.45) is 7.65. The minimum absolute atomic E-state index is 0.0905. The highest BCUT2D eigenvalue weighted by molar-refractivity contribution is 5.79. The Morgan fingerprint density at radius 3 is 3.07 bits per heavy atom. The van der Waals surface area contributed by atoms with E-state index in [9.17, 15) is 4.79 Å². The molecule has 0 aromatic heterocycles. The Morgan fingerprint density at radius 1 is 1.73 bits per heavy atom. The molecular weight excluding hydrogens is 188 g/mol. The lowest BCUT2D eigenvalue weighted by Crippen LogP contribution is -2.44. The topological polar surface area (TPSA) is 41.1 Å². The van der Waals surface area contributed by atoms with Crippen LogP contribution >= 0.6 is 0 Å². The van der Waals surface area contributed by atoms with E-state index in [0.717, 1.165) is 19.4 Å². The van der Waals surface area contributed by atoms with Crippen LogP contribution in [0.3, 0.4) is 0 Å². The summed E-state index contributed by atoms with van der Waals surface area (Å²) in [5.74, 6) is 2.87. The molecule has 15 heavy (non-hydrogen) atoms. The predicted molar refractivity (Wildman–Crippen MR) is 61.2 cm³/mol. The highest BCUT2D eigenvalue weighted by Crippen LogP contribution is 2.16. The van der Waals surface area contributed by atoms with Crippen LogP contribution < -0.4 is 10.6 Å². The molecule has 2 N–H and O–H groups in total. The maximum atomic E-state index is 11.8. The molecule has 0 saturated carbocycles. The van der Waals surface area contributed by atoms with Crippen molar-refractivity contribution < 1.29 is 4.79 Å². The molecule has 3 heteroatoms. The molecule has 0 aliphatic carbocycles. The molecule has 1 amide bonds. The molecule has 1 saturated heterocycles. The molecule has 0 bridgehead atoms. The molecule has 1 aliphatic heterocycles. The third-order valence-corrected chi connectivity index (χ3v) is 2.81. The summed E-state index contributed by atoms with van der Waals surface area (Å²) >= 11 is 0. The minimum atomic E-state index is 0.0905. The Bertz CT molecular complexity index is 257. The van der Waals surface area contributed by atoms with Crippen molar-refractivity contribution in [2.24, 2.45) is 5.92 Å². The molecule has 84 valence electrons. The highest BCUT2D eigenvalue weighted by atomic mass is 16.1. The van der Waals surface area contributed by atoms with Crippen molar-refractivity contribution >= 4 is 5.91 Å². The molecule has 1 aliphatic rings. The summed E-state index contributed by atoms with van der Waals surface area (Å²) in [6.45, 7) is 5.00. The fourth-order valence-electron chi connectivity index (χ4n) is 1.96. The maximum absolute atomic E-state index is 11.8. The van der Waals surface area contributed by atoms with Gasteiger partial charge in [0.1, 0.15) is 0 Å². The number of hydrogen-bond acceptors (Lipinski definition) is 2. The lowest BCUT2D eigenvalue weighted by Gasteiger charge is -2.28. The number of rotatable bonds is 3. The Hall–Kier alpha value is -1.01. The molecular formula is C12H20N2O. The third kappa shape index (κ3) is 3.93. The molecule has 3 nitrogen and oxygen atoms in total. The van der Waals surface area contributed by atoms with Gasteiger partial charge in [-0.15, -0.1) is 12.3 Å². The Morgan fingerprint density at radius 2 is 2.47 bits per heavy atom. The average molecular weight is 208 g/mol. The number of amides is 1. The van der Waals surface area contributed by atoms with Gasteiger partial charge in [-0.05, 0) is 33.2 Å². The van der Waals surface area contributed by atoms with Crippen molar-refractivity contribution in [3.8, 4) is 12.3 Å². The van der Waals surface area contributed by atoms with Crippen molar-refractivity contribution in [3.05, 3.63) is 0 Å². The van der Waals surface area contributed by atoms with E-state index in [1.54, 1.807) is 0 Å². The molecule has 1 rings (SSSR count). The van der Waals surface area contributed by atoms with Crippen LogP contribution in [0.2, 0.25) is 0 Å². The van der Waals surface area contributed by atoms with Gasteiger partial charge in [0.2, 0.25) is 5.91 Å². The first-order valence-corrected chi connectivity index (χ1v) is 5.60. The summed E-state index contributed by atoms with van der Waals surface area (Å²) in [5, 5.41) is 6.29. The third-order valence-electron chi connectivity index (χ3n) is 2.81. The van der Waals surface area contributed by atoms with E-state index in [4.69, 9.17) is 6.42 Å². The van der Waals surface area contributed by atoms with Gasteiger partial charge in [-0.3, -0.25) is 4.79 Å². The fraction of sp³-hybridized carbons (Fsp3) is 0.750. The van der Waals surface area contributed by atoms with Gasteiger partial charge in [0.05, 0.1) is 0 Å². The molecule has 0 aromatic rings. The second kappa shape index (κ2) is 5.77. The maximum Gasteiger partial charge on any atom is 0.223 e. The molecule has 0 spiro atoms. The van der Waals surface area contributed by atoms with Crippen LogP contribution in [0.4, 0.5) is 0 Å². The van der Waals surface area contributed by atoms with Crippen LogP contribution in [0.5, 0.6) is 0 Å². The summed E-state index contributed by atoms with van der Waals surface area (Å²) in [5.41, 5.74) is 0. The summed E-state index contributed by atoms with van der Waals surface area (Å²) < 4.78 is 0. The smallest absolute Gasteiger partial charge is 0.223 e. The van der Waals surface area contributed by atoms with Gasteiger partial charge >= 0.3 is 0 Å². The lowest BCUT2D eigenvalue weighted by molar-refractivity contribution is -0.126. The largest absolute Gasteiger partial charge is 0.352 e. The molecule has 0 aromatic carbocycles. The van der Waals surface area contributed by atoms with Crippen LogP contribution in [-0.4, -0.2) is 24.5 Å². The number of hydrogen-bond donors (Lipinski definition) is 2. The molecule has 0 radical (unpaired) electrons. The Labute approximate surface area is 92.0 Å². The molecule has 3 atom stereocenters. The number of carbonyl (C=O) groups is 1. The molecule has 1 heterocycles. The number of carbonyl (C=O) groups excluding carboxylic acids is 1. The van der Waals surface area contributed by atoms with E-state index in [-0.39, 0.29) is 17.9 Å². The van der Waals surface area contributed by atoms with E-state index in [1.807, 2.05) is 6.92 Å². The van der Waals surface area contributed by atoms with Crippen LogP contribution in [0, 0.1) is 18.3 Å². The first kappa shape index (κ1) is 12.1. The van der Waals surface area contributed by atoms with Gasteiger partial charge in [-0.25, -0.2) is 0 Å². The van der Waals surface area contributed by atoms with Crippen LogP contribution in [0.15, 0.2) is 0 Å². The molecule has 3 unspecified atom stereocenters. The summed E-state index contributed by atoms with van der Waals surface area (Å²) in [4.78, 5) is 11.8. The van der Waals surface area contributed by atoms with E-state index >= 15 is 0 Å². The van der Waals surface area contributed by atoms with Crippen LogP contribution in [0.1, 0.15) is 33.1 Å². The quantitative estimate of drug-likeness (QED) is 0.677. The van der Waals surface area contributed by atoms with Gasteiger partial charge in [0, 0.05) is 24.4 Å². The second-order valence-electron chi connectivity index (χ2n) is 4.39. The molecule has 1 fully saturated rings. The van der Waals surface area contributed by atoms with Crippen molar-refractivity contribution in [2.45, 2.75) is 45.2 Å². The second-order valence-corrected chi connectivity index (χ2v) is 4.39. The number of piperidine rings is 1. The SMILES string of the molecule is C#CCC(C)NC(=O)C1CCNC(C)C1. The van der Waals surface area contributed by atoms with Gasteiger partial charge in [-0.1, -0.05) is 0 Å². The van der Waals surface area contributed by atoms with E-state index < -0.39 is 0 Å². The standard InChI is InChI=1S/C12H20N2O/c1-4-5-9(2)14-12(15)11-6-7-13-10(3)8-11/h1,9-11,13H,5-8H2,2-3H3,(H,14,15). The Kier molecular flexibility index (Phi) is 4.64. The monoisotopic (exact) mass is 208 g/mol. The van der Waals surface area contributed by atoms with E-state index in [1.165, 1.54) is 0 Å². The van der Waals surface area contributed by atoms with Gasteiger partial charge < -0.3 is 10.6 Å². The van der Waals surface area contributed by atoms with Crippen molar-refractivity contribution in [1.29, 1.82) is 0 Å². The van der Waals surface area contributed by atoms with Crippen molar-refractivity contribution in [3.63, 3.8) is 0 Å². The Balaban J connectivity index is 2.36. The first-order chi connectivity index (χ1) is 7.13. The number of terminal acetylenes is 1. The van der Waals surface area contributed by atoms with Crippen molar-refractivity contribution in [1.82, 2.24) is 10.6 Å². The van der Waals surface area contributed by atoms with Gasteiger partial charge in [0.25, 0.3) is 0 Å². The summed E-state index contributed by atoms with van der Waals surface area (Å²) in [6, 6.07) is 0.533. The average Bonchev–Trinajstić information content (AvgIpc) is 2.18. The zero-order valence-corrected chi connectivity index (χ0v) is 9.55. The van der Waals surface area contributed by atoms with Crippen molar-refractivity contribution in [2.75, 3.05) is 6.54 Å². The zero-order chi connectivity index (χ0) is 11.3. The summed E-state index contributed by atoms with van der Waals surface area (Å²) in [7, 11) is 0. The van der Waals surface area contributed by atoms with Gasteiger partial charge in [-0.2, -0.15) is 0 Å². The normalized spacial score (nSPS) is 27.8. The highest BCUT2D eigenvalue weighted by Gasteiger charge is 2.25. The van der Waals surface area contributed by atoms with E-state index in [2.05, 4.69) is 23.5 Å². The number of nitrogens with one attached hydrogen (secondary N) is 2. The predicted octanol–water partition coefficient (Wildman–Crippen LogP) is 0.902. The van der Waals surface area contributed by atoms with E-state index in [0.29, 0.717) is 12.5 Å². The van der Waals surface area contributed by atoms with Crippen LogP contribution in [0.25, 0.3) is 0 Å². The zero-order valence-electron chi connectivity index (χ0n) is 9.55.